The van der Waals surface area contributed by atoms with Crippen LogP contribution in [0.5, 0.6) is 11.5 Å². The van der Waals surface area contributed by atoms with Gasteiger partial charge in [-0.3, -0.25) is 0 Å². The quantitative estimate of drug-likeness (QED) is 0.668. The van der Waals surface area contributed by atoms with Crippen LogP contribution < -0.4 is 0 Å². The molecular formula is C10H9F3O4. The molecule has 0 aliphatic carbocycles. The summed E-state index contributed by atoms with van der Waals surface area (Å²) < 4.78 is 31.7. The number of rotatable bonds is 1. The standard InChI is InChI=1S/C8H8O2.C2HF3O2/c1-2-6-3-4-7(9)8(10)5-6;3-2(4,5)1(6)7/h2-5,9-10H,1H2;(H,6,7). The van der Waals surface area contributed by atoms with E-state index in [0.29, 0.717) is 0 Å². The maximum atomic E-state index is 10.6. The van der Waals surface area contributed by atoms with Gasteiger partial charge >= 0.3 is 12.1 Å². The summed E-state index contributed by atoms with van der Waals surface area (Å²) in [4.78, 5) is 8.90. The zero-order valence-electron chi connectivity index (χ0n) is 8.40. The third-order valence-electron chi connectivity index (χ3n) is 1.48. The molecule has 0 aliphatic heterocycles. The van der Waals surface area contributed by atoms with Crippen LogP contribution in [0.15, 0.2) is 24.8 Å². The van der Waals surface area contributed by atoms with E-state index in [2.05, 4.69) is 6.58 Å². The monoisotopic (exact) mass is 250 g/mol. The van der Waals surface area contributed by atoms with Gasteiger partial charge in [0.25, 0.3) is 0 Å². The van der Waals surface area contributed by atoms with Crippen molar-refractivity contribution in [3.63, 3.8) is 0 Å². The van der Waals surface area contributed by atoms with Gasteiger partial charge in [-0.15, -0.1) is 0 Å². The summed E-state index contributed by atoms with van der Waals surface area (Å²) in [5.41, 5.74) is 0.787. The first kappa shape index (κ1) is 14.8. The van der Waals surface area contributed by atoms with Crippen molar-refractivity contribution in [2.24, 2.45) is 0 Å². The molecule has 17 heavy (non-hydrogen) atoms. The molecule has 0 spiro atoms. The fourth-order valence-corrected chi connectivity index (χ4v) is 0.667. The maximum absolute atomic E-state index is 10.6. The molecule has 0 atom stereocenters. The highest BCUT2D eigenvalue weighted by Crippen LogP contribution is 2.24. The normalized spacial score (nSPS) is 10.1. The Morgan fingerprint density at radius 2 is 1.71 bits per heavy atom. The predicted molar refractivity (Wildman–Crippen MR) is 53.6 cm³/mol. The van der Waals surface area contributed by atoms with Gasteiger partial charge in [0.2, 0.25) is 0 Å². The predicted octanol–water partition coefficient (Wildman–Crippen LogP) is 2.37. The van der Waals surface area contributed by atoms with E-state index in [4.69, 9.17) is 20.1 Å². The summed E-state index contributed by atoms with van der Waals surface area (Å²) in [6, 6.07) is 4.54. The van der Waals surface area contributed by atoms with Crippen LogP contribution in [0.3, 0.4) is 0 Å². The molecule has 0 saturated carbocycles. The highest BCUT2D eigenvalue weighted by molar-refractivity contribution is 5.73. The molecule has 0 amide bonds. The van der Waals surface area contributed by atoms with E-state index < -0.39 is 12.1 Å². The number of carbonyl (C=O) groups is 1. The lowest BCUT2D eigenvalue weighted by atomic mass is 10.2. The molecular weight excluding hydrogens is 241 g/mol. The van der Waals surface area contributed by atoms with E-state index in [-0.39, 0.29) is 11.5 Å². The Bertz CT molecular complexity index is 413. The van der Waals surface area contributed by atoms with Crippen LogP contribution in [0.2, 0.25) is 0 Å². The summed E-state index contributed by atoms with van der Waals surface area (Å²) in [6.07, 6.45) is -3.49. The first-order chi connectivity index (χ1) is 7.68. The second-order valence-corrected chi connectivity index (χ2v) is 2.76. The van der Waals surface area contributed by atoms with Gasteiger partial charge in [-0.1, -0.05) is 18.7 Å². The van der Waals surface area contributed by atoms with Crippen molar-refractivity contribution in [3.05, 3.63) is 30.3 Å². The Balaban J connectivity index is 0.000000325. The Kier molecular flexibility index (Phi) is 5.04. The molecule has 0 radical (unpaired) electrons. The number of aromatic hydroxyl groups is 2. The van der Waals surface area contributed by atoms with Crippen LogP contribution in [-0.2, 0) is 4.79 Å². The Labute approximate surface area is 94.2 Å². The number of phenols is 2. The second kappa shape index (κ2) is 5.78. The van der Waals surface area contributed by atoms with Gasteiger partial charge in [-0.05, 0) is 17.7 Å². The zero-order valence-corrected chi connectivity index (χ0v) is 8.40. The van der Waals surface area contributed by atoms with Crippen molar-refractivity contribution in [1.82, 2.24) is 0 Å². The Hall–Kier alpha value is -2.18. The molecule has 0 aromatic heterocycles. The number of carboxylic acid groups (broad SMARTS) is 1. The highest BCUT2D eigenvalue weighted by Gasteiger charge is 2.38. The van der Waals surface area contributed by atoms with Crippen LogP contribution in [0.25, 0.3) is 6.08 Å². The average Bonchev–Trinajstić information content (AvgIpc) is 2.21. The van der Waals surface area contributed by atoms with Gasteiger partial charge in [-0.2, -0.15) is 13.2 Å². The SMILES string of the molecule is C=Cc1ccc(O)c(O)c1.O=C(O)C(F)(F)F. The number of aliphatic carboxylic acids is 1. The van der Waals surface area contributed by atoms with Gasteiger partial charge < -0.3 is 15.3 Å². The average molecular weight is 250 g/mol. The van der Waals surface area contributed by atoms with Gasteiger partial charge in [0.05, 0.1) is 0 Å². The molecule has 7 heteroatoms. The van der Waals surface area contributed by atoms with Gasteiger partial charge in [0.1, 0.15) is 0 Å². The molecule has 0 bridgehead atoms. The smallest absolute Gasteiger partial charge is 0.490 e. The maximum Gasteiger partial charge on any atom is 0.490 e. The number of hydrogen-bond donors (Lipinski definition) is 3. The Morgan fingerprint density at radius 1 is 1.24 bits per heavy atom. The third-order valence-corrected chi connectivity index (χ3v) is 1.48. The minimum Gasteiger partial charge on any atom is -0.504 e. The van der Waals surface area contributed by atoms with Crippen molar-refractivity contribution in [1.29, 1.82) is 0 Å². The van der Waals surface area contributed by atoms with Gasteiger partial charge in [0, 0.05) is 0 Å². The number of carboxylic acids is 1. The summed E-state index contributed by atoms with van der Waals surface area (Å²) in [5, 5.41) is 24.9. The second-order valence-electron chi connectivity index (χ2n) is 2.76. The number of phenolic OH excluding ortho intramolecular Hbond substituents is 2. The Morgan fingerprint density at radius 3 is 2.00 bits per heavy atom. The zero-order chi connectivity index (χ0) is 13.6. The van der Waals surface area contributed by atoms with Crippen LogP contribution >= 0.6 is 0 Å². The van der Waals surface area contributed by atoms with Crippen molar-refractivity contribution in [2.75, 3.05) is 0 Å². The van der Waals surface area contributed by atoms with Crippen molar-refractivity contribution in [3.8, 4) is 11.5 Å². The van der Waals surface area contributed by atoms with E-state index in [0.717, 1.165) is 5.56 Å². The molecule has 1 aromatic rings. The molecule has 1 aromatic carbocycles. The van der Waals surface area contributed by atoms with Crippen LogP contribution in [0, 0.1) is 0 Å². The molecule has 1 rings (SSSR count). The fourth-order valence-electron chi connectivity index (χ4n) is 0.667. The van der Waals surface area contributed by atoms with Crippen molar-refractivity contribution >= 4 is 12.0 Å². The van der Waals surface area contributed by atoms with E-state index in [1.54, 1.807) is 12.1 Å². The first-order valence-corrected chi connectivity index (χ1v) is 4.13. The number of halogens is 3. The fraction of sp³-hybridized carbons (Fsp3) is 0.100. The molecule has 4 nitrogen and oxygen atoms in total. The summed E-state index contributed by atoms with van der Waals surface area (Å²) in [6.45, 7) is 3.51. The largest absolute Gasteiger partial charge is 0.504 e. The highest BCUT2D eigenvalue weighted by atomic mass is 19.4. The summed E-state index contributed by atoms with van der Waals surface area (Å²) in [5.74, 6) is -2.98. The van der Waals surface area contributed by atoms with E-state index >= 15 is 0 Å². The molecule has 0 saturated heterocycles. The lowest BCUT2D eigenvalue weighted by molar-refractivity contribution is -0.192. The first-order valence-electron chi connectivity index (χ1n) is 4.13. The van der Waals surface area contributed by atoms with E-state index in [1.165, 1.54) is 12.1 Å². The van der Waals surface area contributed by atoms with E-state index in [1.807, 2.05) is 0 Å². The van der Waals surface area contributed by atoms with E-state index in [9.17, 15) is 13.2 Å². The summed E-state index contributed by atoms with van der Waals surface area (Å²) >= 11 is 0. The lowest BCUT2D eigenvalue weighted by Gasteiger charge is -1.96. The molecule has 0 unspecified atom stereocenters. The van der Waals surface area contributed by atoms with Crippen LogP contribution in [0.4, 0.5) is 13.2 Å². The minimum absolute atomic E-state index is 0.106. The molecule has 0 heterocycles. The molecule has 94 valence electrons. The molecule has 0 aliphatic rings. The third kappa shape index (κ3) is 5.45. The van der Waals surface area contributed by atoms with Crippen LogP contribution in [-0.4, -0.2) is 27.5 Å². The van der Waals surface area contributed by atoms with Gasteiger partial charge in [0.15, 0.2) is 11.5 Å². The lowest BCUT2D eigenvalue weighted by Crippen LogP contribution is -2.21. The topological polar surface area (TPSA) is 77.8 Å². The van der Waals surface area contributed by atoms with Crippen LogP contribution in [0.1, 0.15) is 5.56 Å². The summed E-state index contributed by atoms with van der Waals surface area (Å²) in [7, 11) is 0. The van der Waals surface area contributed by atoms with Gasteiger partial charge in [-0.25, -0.2) is 4.79 Å². The number of hydrogen-bond acceptors (Lipinski definition) is 3. The van der Waals surface area contributed by atoms with Crippen molar-refractivity contribution < 1.29 is 33.3 Å². The number of alkyl halides is 3. The van der Waals surface area contributed by atoms with Crippen molar-refractivity contribution in [2.45, 2.75) is 6.18 Å². The molecule has 0 fully saturated rings. The minimum atomic E-state index is -5.08. The number of benzene rings is 1. The molecule has 3 N–H and O–H groups in total.